The standard InChI is InChI=1S/C15H15FN2O2/c1-17-9-12(15(20)18-6-2-3-7-18)14(19)11-8-10(16)4-5-13(11)17/h4-5,8-9H,2-3,6-7H2,1H3. The van der Waals surface area contributed by atoms with Gasteiger partial charge in [-0.2, -0.15) is 0 Å². The summed E-state index contributed by atoms with van der Waals surface area (Å²) in [6.45, 7) is 1.37. The Labute approximate surface area is 115 Å². The second-order valence-electron chi connectivity index (χ2n) is 5.14. The number of likely N-dealkylation sites (tertiary alicyclic amines) is 1. The molecular weight excluding hydrogens is 259 g/mol. The summed E-state index contributed by atoms with van der Waals surface area (Å²) >= 11 is 0. The van der Waals surface area contributed by atoms with Crippen LogP contribution in [0.3, 0.4) is 0 Å². The molecule has 20 heavy (non-hydrogen) atoms. The number of amides is 1. The van der Waals surface area contributed by atoms with E-state index in [1.54, 1.807) is 28.8 Å². The average molecular weight is 274 g/mol. The van der Waals surface area contributed by atoms with Gasteiger partial charge in [0.1, 0.15) is 11.4 Å². The van der Waals surface area contributed by atoms with Crippen molar-refractivity contribution in [1.29, 1.82) is 0 Å². The number of pyridine rings is 1. The van der Waals surface area contributed by atoms with Gasteiger partial charge in [-0.15, -0.1) is 0 Å². The molecule has 0 aliphatic carbocycles. The Morgan fingerprint density at radius 1 is 1.25 bits per heavy atom. The molecule has 1 fully saturated rings. The van der Waals surface area contributed by atoms with Gasteiger partial charge in [0.2, 0.25) is 5.43 Å². The molecule has 0 saturated carbocycles. The molecule has 0 bridgehead atoms. The number of hydrogen-bond donors (Lipinski definition) is 0. The van der Waals surface area contributed by atoms with Crippen LogP contribution in [0.4, 0.5) is 4.39 Å². The summed E-state index contributed by atoms with van der Waals surface area (Å²) in [6, 6.07) is 4.05. The fraction of sp³-hybridized carbons (Fsp3) is 0.333. The third kappa shape index (κ3) is 1.99. The van der Waals surface area contributed by atoms with Crippen molar-refractivity contribution in [2.24, 2.45) is 7.05 Å². The van der Waals surface area contributed by atoms with Crippen LogP contribution >= 0.6 is 0 Å². The predicted octanol–water partition coefficient (Wildman–Crippen LogP) is 1.91. The second-order valence-corrected chi connectivity index (χ2v) is 5.14. The Kier molecular flexibility index (Phi) is 3.04. The lowest BCUT2D eigenvalue weighted by Crippen LogP contribution is -2.32. The average Bonchev–Trinajstić information content (AvgIpc) is 2.96. The smallest absolute Gasteiger partial charge is 0.259 e. The second kappa shape index (κ2) is 4.74. The fourth-order valence-electron chi connectivity index (χ4n) is 2.71. The summed E-state index contributed by atoms with van der Waals surface area (Å²) in [6.07, 6.45) is 3.48. The molecule has 4 nitrogen and oxygen atoms in total. The van der Waals surface area contributed by atoms with Crippen molar-refractivity contribution in [1.82, 2.24) is 9.47 Å². The molecule has 0 unspecified atom stereocenters. The lowest BCUT2D eigenvalue weighted by molar-refractivity contribution is 0.0791. The van der Waals surface area contributed by atoms with Crippen molar-refractivity contribution in [3.63, 3.8) is 0 Å². The van der Waals surface area contributed by atoms with E-state index in [4.69, 9.17) is 0 Å². The van der Waals surface area contributed by atoms with E-state index in [0.717, 1.165) is 12.8 Å². The van der Waals surface area contributed by atoms with E-state index in [9.17, 15) is 14.0 Å². The number of carbonyl (C=O) groups is 1. The third-order valence-electron chi connectivity index (χ3n) is 3.77. The highest BCUT2D eigenvalue weighted by molar-refractivity contribution is 5.97. The molecule has 0 atom stereocenters. The molecule has 104 valence electrons. The normalized spacial score (nSPS) is 15.0. The summed E-state index contributed by atoms with van der Waals surface area (Å²) in [4.78, 5) is 26.5. The van der Waals surface area contributed by atoms with E-state index in [1.807, 2.05) is 0 Å². The zero-order valence-electron chi connectivity index (χ0n) is 11.2. The molecule has 1 aliphatic rings. The number of fused-ring (bicyclic) bond motifs is 1. The van der Waals surface area contributed by atoms with Crippen LogP contribution in [0.25, 0.3) is 10.9 Å². The van der Waals surface area contributed by atoms with E-state index in [2.05, 4.69) is 0 Å². The SMILES string of the molecule is Cn1cc(C(=O)N2CCCC2)c(=O)c2cc(F)ccc21. The summed E-state index contributed by atoms with van der Waals surface area (Å²) < 4.78 is 15.0. The minimum atomic E-state index is -0.472. The van der Waals surface area contributed by atoms with Gasteiger partial charge in [0, 0.05) is 31.7 Å². The van der Waals surface area contributed by atoms with E-state index in [0.29, 0.717) is 18.6 Å². The molecular formula is C15H15FN2O2. The molecule has 0 radical (unpaired) electrons. The van der Waals surface area contributed by atoms with Crippen molar-refractivity contribution >= 4 is 16.8 Å². The van der Waals surface area contributed by atoms with Crippen LogP contribution in [0.1, 0.15) is 23.2 Å². The maximum absolute atomic E-state index is 13.3. The molecule has 1 amide bonds. The van der Waals surface area contributed by atoms with Gasteiger partial charge >= 0.3 is 0 Å². The molecule has 1 saturated heterocycles. The van der Waals surface area contributed by atoms with Crippen LogP contribution in [0.15, 0.2) is 29.2 Å². The Hall–Kier alpha value is -2.17. The lowest BCUT2D eigenvalue weighted by Gasteiger charge is -2.16. The van der Waals surface area contributed by atoms with Gasteiger partial charge in [0.05, 0.1) is 5.52 Å². The molecule has 1 aliphatic heterocycles. The monoisotopic (exact) mass is 274 g/mol. The van der Waals surface area contributed by atoms with Crippen molar-refractivity contribution in [2.75, 3.05) is 13.1 Å². The number of benzene rings is 1. The number of carbonyl (C=O) groups excluding carboxylic acids is 1. The first kappa shape index (κ1) is 12.8. The lowest BCUT2D eigenvalue weighted by atomic mass is 10.1. The predicted molar refractivity (Wildman–Crippen MR) is 74.3 cm³/mol. The number of aromatic nitrogens is 1. The van der Waals surface area contributed by atoms with Crippen molar-refractivity contribution in [2.45, 2.75) is 12.8 Å². The highest BCUT2D eigenvalue weighted by atomic mass is 19.1. The van der Waals surface area contributed by atoms with Crippen LogP contribution in [0.2, 0.25) is 0 Å². The molecule has 1 aromatic heterocycles. The summed E-state index contributed by atoms with van der Waals surface area (Å²) in [5.41, 5.74) is 0.344. The van der Waals surface area contributed by atoms with Crippen molar-refractivity contribution in [3.8, 4) is 0 Å². The summed E-state index contributed by atoms with van der Waals surface area (Å²) in [5.74, 6) is -0.727. The van der Waals surface area contributed by atoms with Gasteiger partial charge in [0.25, 0.3) is 5.91 Å². The van der Waals surface area contributed by atoms with E-state index in [-0.39, 0.29) is 16.9 Å². The number of hydrogen-bond acceptors (Lipinski definition) is 2. The van der Waals surface area contributed by atoms with Gasteiger partial charge in [-0.3, -0.25) is 9.59 Å². The maximum atomic E-state index is 13.3. The molecule has 0 spiro atoms. The first-order valence-corrected chi connectivity index (χ1v) is 6.66. The Morgan fingerprint density at radius 2 is 1.95 bits per heavy atom. The van der Waals surface area contributed by atoms with E-state index < -0.39 is 11.2 Å². The number of nitrogens with zero attached hydrogens (tertiary/aromatic N) is 2. The number of halogens is 1. The summed E-state index contributed by atoms with van der Waals surface area (Å²) in [7, 11) is 1.75. The van der Waals surface area contributed by atoms with Gasteiger partial charge < -0.3 is 9.47 Å². The van der Waals surface area contributed by atoms with Crippen molar-refractivity contribution < 1.29 is 9.18 Å². The van der Waals surface area contributed by atoms with Gasteiger partial charge in [-0.25, -0.2) is 4.39 Å². The van der Waals surface area contributed by atoms with Gasteiger partial charge in [-0.1, -0.05) is 0 Å². The third-order valence-corrected chi connectivity index (χ3v) is 3.77. The maximum Gasteiger partial charge on any atom is 0.259 e. The highest BCUT2D eigenvalue weighted by Crippen LogP contribution is 2.15. The molecule has 5 heteroatoms. The Morgan fingerprint density at radius 3 is 2.65 bits per heavy atom. The molecule has 0 N–H and O–H groups in total. The zero-order chi connectivity index (χ0) is 14.3. The van der Waals surface area contributed by atoms with E-state index in [1.165, 1.54) is 12.1 Å². The first-order valence-electron chi connectivity index (χ1n) is 6.66. The molecule has 3 rings (SSSR count). The molecule has 2 aromatic rings. The number of aryl methyl sites for hydroxylation is 1. The molecule has 2 heterocycles. The van der Waals surface area contributed by atoms with Gasteiger partial charge in [0.15, 0.2) is 0 Å². The van der Waals surface area contributed by atoms with Crippen LogP contribution in [-0.4, -0.2) is 28.5 Å². The fourth-order valence-corrected chi connectivity index (χ4v) is 2.71. The van der Waals surface area contributed by atoms with E-state index >= 15 is 0 Å². The topological polar surface area (TPSA) is 42.3 Å². The van der Waals surface area contributed by atoms with Crippen LogP contribution in [0, 0.1) is 5.82 Å². The van der Waals surface area contributed by atoms with Crippen molar-refractivity contribution in [3.05, 3.63) is 46.0 Å². The van der Waals surface area contributed by atoms with Crippen LogP contribution in [0.5, 0.6) is 0 Å². The largest absolute Gasteiger partial charge is 0.350 e. The van der Waals surface area contributed by atoms with Crippen LogP contribution < -0.4 is 5.43 Å². The Balaban J connectivity index is 2.19. The zero-order valence-corrected chi connectivity index (χ0v) is 11.2. The minimum Gasteiger partial charge on any atom is -0.350 e. The highest BCUT2D eigenvalue weighted by Gasteiger charge is 2.23. The number of rotatable bonds is 1. The Bertz CT molecular complexity index is 745. The minimum absolute atomic E-state index is 0.118. The van der Waals surface area contributed by atoms with Crippen LogP contribution in [-0.2, 0) is 7.05 Å². The summed E-state index contributed by atoms with van der Waals surface area (Å²) in [5, 5.41) is 0.248. The first-order chi connectivity index (χ1) is 9.58. The molecule has 1 aromatic carbocycles. The quantitative estimate of drug-likeness (QED) is 0.797. The van der Waals surface area contributed by atoms with Gasteiger partial charge in [-0.05, 0) is 31.0 Å².